The van der Waals surface area contributed by atoms with E-state index < -0.39 is 145 Å². The van der Waals surface area contributed by atoms with E-state index in [1.54, 1.807) is 88.4 Å². The molecular weight excluding hydrogens is 913 g/mol. The zero-order chi connectivity index (χ0) is 52.2. The van der Waals surface area contributed by atoms with Crippen molar-refractivity contribution in [2.75, 3.05) is 13.1 Å². The van der Waals surface area contributed by atoms with Gasteiger partial charge >= 0.3 is 11.9 Å². The van der Waals surface area contributed by atoms with E-state index in [4.69, 9.17) is 11.5 Å². The number of hydrogen-bond acceptors (Lipinski definition) is 12. The van der Waals surface area contributed by atoms with E-state index in [9.17, 15) is 63.0 Å². The van der Waals surface area contributed by atoms with Crippen LogP contribution < -0.4 is 48.7 Å². The monoisotopic (exact) mass is 978 g/mol. The second-order valence-corrected chi connectivity index (χ2v) is 17.6. The Hall–Kier alpha value is -7.43. The number of primary amides is 1. The normalized spacial score (nSPS) is 16.6. The molecule has 23 heteroatoms. The zero-order valence-corrected chi connectivity index (χ0v) is 39.9. The largest absolute Gasteiger partial charge is 0.481 e. The number of nitrogens with two attached hydrogens (primary N) is 2. The fraction of sp³-hybridized carbons (Fsp3) is 0.511. The lowest BCUT2D eigenvalue weighted by molar-refractivity contribution is -0.143. The molecule has 9 atom stereocenters. The van der Waals surface area contributed by atoms with Crippen molar-refractivity contribution in [3.05, 3.63) is 71.8 Å². The fourth-order valence-electron chi connectivity index (χ4n) is 7.53. The summed E-state index contributed by atoms with van der Waals surface area (Å²) in [6, 6.07) is 6.36. The molecule has 382 valence electrons. The van der Waals surface area contributed by atoms with E-state index in [1.165, 1.54) is 11.8 Å². The number of aliphatic carboxylic acids is 2. The van der Waals surface area contributed by atoms with E-state index in [2.05, 4.69) is 37.2 Å². The molecule has 0 radical (unpaired) electrons. The quantitative estimate of drug-likeness (QED) is 0.0460. The van der Waals surface area contributed by atoms with Crippen molar-refractivity contribution in [2.45, 2.75) is 128 Å². The summed E-state index contributed by atoms with van der Waals surface area (Å²) in [5.41, 5.74) is 12.7. The van der Waals surface area contributed by atoms with Gasteiger partial charge in [-0.1, -0.05) is 94.8 Å². The van der Waals surface area contributed by atoms with Crippen molar-refractivity contribution < 1.29 is 63.0 Å². The van der Waals surface area contributed by atoms with Crippen molar-refractivity contribution in [3.63, 3.8) is 0 Å². The molecule has 1 heterocycles. The molecule has 1 fully saturated rings. The summed E-state index contributed by atoms with van der Waals surface area (Å²) in [6.07, 6.45) is -0.676. The Balaban J connectivity index is 1.75. The highest BCUT2D eigenvalue weighted by atomic mass is 16.4. The molecule has 0 bridgehead atoms. The second-order valence-electron chi connectivity index (χ2n) is 17.6. The number of nitrogens with one attached hydrogen (secondary N) is 7. The number of carboxylic acids is 2. The van der Waals surface area contributed by atoms with Crippen LogP contribution in [0.25, 0.3) is 0 Å². The molecule has 1 saturated heterocycles. The van der Waals surface area contributed by atoms with Crippen LogP contribution in [-0.4, -0.2) is 142 Å². The SMILES string of the molecule is CC[C@H](C)[C@H](NC(=O)CNC(=O)[C@@H](NC(=O)[C@H](CC(=O)O)NC(=O)[C@H](Cc1ccccc1)NC(=O)[C@@H]1CCCN1C(=O)[C@H](C)NC(=O)[C@H](CC(N)=O)NC(=O)[C@@H](N)Cc1ccccc1)C(C)C)C(=O)O. The number of likely N-dealkylation sites (tertiary alicyclic amines) is 1. The lowest BCUT2D eigenvalue weighted by Gasteiger charge is -2.30. The molecule has 70 heavy (non-hydrogen) atoms. The highest BCUT2D eigenvalue weighted by molar-refractivity contribution is 5.99. The zero-order valence-electron chi connectivity index (χ0n) is 39.9. The Bertz CT molecular complexity index is 2200. The Kier molecular flexibility index (Phi) is 22.4. The molecule has 23 nitrogen and oxygen atoms in total. The van der Waals surface area contributed by atoms with Gasteiger partial charge in [-0.25, -0.2) is 4.79 Å². The van der Waals surface area contributed by atoms with Gasteiger partial charge in [0.05, 0.1) is 25.4 Å². The molecule has 2 aromatic rings. The van der Waals surface area contributed by atoms with Crippen molar-refractivity contribution in [2.24, 2.45) is 23.3 Å². The van der Waals surface area contributed by atoms with Gasteiger partial charge in [0.2, 0.25) is 53.2 Å². The molecule has 2 aromatic carbocycles. The molecule has 1 aliphatic rings. The summed E-state index contributed by atoms with van der Waals surface area (Å²) >= 11 is 0. The van der Waals surface area contributed by atoms with Gasteiger partial charge in [0.1, 0.15) is 42.3 Å². The third-order valence-corrected chi connectivity index (χ3v) is 11.6. The number of nitrogens with zero attached hydrogens (tertiary/aromatic N) is 1. The van der Waals surface area contributed by atoms with E-state index in [1.807, 2.05) is 0 Å². The van der Waals surface area contributed by atoms with Crippen LogP contribution in [0.15, 0.2) is 60.7 Å². The van der Waals surface area contributed by atoms with Crippen LogP contribution in [0.5, 0.6) is 0 Å². The van der Waals surface area contributed by atoms with Gasteiger partial charge in [-0.2, -0.15) is 0 Å². The molecule has 13 N–H and O–H groups in total. The molecule has 9 amide bonds. The fourth-order valence-corrected chi connectivity index (χ4v) is 7.53. The molecule has 0 spiro atoms. The maximum atomic E-state index is 14.1. The summed E-state index contributed by atoms with van der Waals surface area (Å²) in [7, 11) is 0. The maximum Gasteiger partial charge on any atom is 0.326 e. The molecule has 0 aliphatic carbocycles. The van der Waals surface area contributed by atoms with Crippen LogP contribution in [0.4, 0.5) is 0 Å². The third-order valence-electron chi connectivity index (χ3n) is 11.6. The minimum Gasteiger partial charge on any atom is -0.481 e. The average molecular weight is 979 g/mol. The standard InChI is InChI=1S/C47H66N10O13/c1-6-26(4)39(47(69)70)55-36(59)24-50-45(67)38(25(2)3)56-43(65)33(23-37(60)61)53-42(64)31(21-29-16-11-8-12-17-29)54-44(66)34-18-13-19-57(34)46(68)27(5)51-41(63)32(22-35(49)58)52-40(62)30(48)20-28-14-9-7-10-15-28/h7-12,14-17,25-27,30-34,38-39H,6,13,18-24,48H2,1-5H3,(H2,49,58)(H,50,67)(H,51,63)(H,52,62)(H,53,64)(H,54,66)(H,55,59)(H,56,65)(H,60,61)(H,69,70)/t26-,27-,30-,31-,32-,33-,34-,38-,39-/m0/s1. The van der Waals surface area contributed by atoms with Gasteiger partial charge in [-0.05, 0) is 49.1 Å². The molecule has 0 saturated carbocycles. The lowest BCUT2D eigenvalue weighted by atomic mass is 9.99. The van der Waals surface area contributed by atoms with Crippen molar-refractivity contribution in [3.8, 4) is 0 Å². The van der Waals surface area contributed by atoms with Crippen LogP contribution in [-0.2, 0) is 65.6 Å². The highest BCUT2D eigenvalue weighted by Gasteiger charge is 2.40. The van der Waals surface area contributed by atoms with Gasteiger partial charge < -0.3 is 63.8 Å². The van der Waals surface area contributed by atoms with E-state index in [0.717, 1.165) is 5.56 Å². The summed E-state index contributed by atoms with van der Waals surface area (Å²) in [5.74, 6) is -11.6. The van der Waals surface area contributed by atoms with E-state index in [0.29, 0.717) is 18.4 Å². The topological polar surface area (TPSA) is 368 Å². The second kappa shape index (κ2) is 27.5. The van der Waals surface area contributed by atoms with Crippen LogP contribution >= 0.6 is 0 Å². The van der Waals surface area contributed by atoms with Gasteiger partial charge in [-0.15, -0.1) is 0 Å². The first-order chi connectivity index (χ1) is 33.0. The van der Waals surface area contributed by atoms with Gasteiger partial charge in [-0.3, -0.25) is 47.9 Å². The van der Waals surface area contributed by atoms with E-state index >= 15 is 0 Å². The Morgan fingerprint density at radius 3 is 1.74 bits per heavy atom. The Morgan fingerprint density at radius 2 is 1.20 bits per heavy atom. The van der Waals surface area contributed by atoms with Gasteiger partial charge in [0.25, 0.3) is 0 Å². The number of benzene rings is 2. The molecule has 1 aliphatic heterocycles. The highest BCUT2D eigenvalue weighted by Crippen LogP contribution is 2.20. The number of amides is 9. The predicted molar refractivity (Wildman–Crippen MR) is 251 cm³/mol. The van der Waals surface area contributed by atoms with Gasteiger partial charge in [0.15, 0.2) is 0 Å². The third kappa shape index (κ3) is 17.9. The molecule has 0 aromatic heterocycles. The van der Waals surface area contributed by atoms with Gasteiger partial charge in [0, 0.05) is 13.0 Å². The number of carboxylic acid groups (broad SMARTS) is 2. The summed E-state index contributed by atoms with van der Waals surface area (Å²) in [4.78, 5) is 145. The number of rotatable bonds is 27. The first kappa shape index (κ1) is 56.9. The van der Waals surface area contributed by atoms with Crippen LogP contribution in [0, 0.1) is 11.8 Å². The smallest absolute Gasteiger partial charge is 0.326 e. The van der Waals surface area contributed by atoms with E-state index in [-0.39, 0.29) is 25.8 Å². The number of carbonyl (C=O) groups excluding carboxylic acids is 9. The van der Waals surface area contributed by atoms with Crippen LogP contribution in [0.2, 0.25) is 0 Å². The summed E-state index contributed by atoms with van der Waals surface area (Å²) < 4.78 is 0. The van der Waals surface area contributed by atoms with Crippen LogP contribution in [0.3, 0.4) is 0 Å². The predicted octanol–water partition coefficient (Wildman–Crippen LogP) is -2.03. The Morgan fingerprint density at radius 1 is 0.657 bits per heavy atom. The van der Waals surface area contributed by atoms with Crippen molar-refractivity contribution in [1.29, 1.82) is 0 Å². The van der Waals surface area contributed by atoms with Crippen LogP contribution in [0.1, 0.15) is 77.8 Å². The first-order valence-electron chi connectivity index (χ1n) is 23.0. The first-order valence-corrected chi connectivity index (χ1v) is 23.0. The maximum absolute atomic E-state index is 14.1. The lowest BCUT2D eigenvalue weighted by Crippen LogP contribution is -2.60. The number of carbonyl (C=O) groups is 11. The summed E-state index contributed by atoms with van der Waals surface area (Å²) in [6.45, 7) is 7.26. The molecule has 3 rings (SSSR count). The summed E-state index contributed by atoms with van der Waals surface area (Å²) in [5, 5.41) is 36.3. The molecular formula is C47H66N10O13. The minimum atomic E-state index is -1.79. The Labute approximate surface area is 405 Å². The average Bonchev–Trinajstić information content (AvgIpc) is 3.81. The van der Waals surface area contributed by atoms with Crippen molar-refractivity contribution in [1.82, 2.24) is 42.1 Å². The molecule has 0 unspecified atom stereocenters. The minimum absolute atomic E-state index is 0.0690. The number of hydrogen-bond donors (Lipinski definition) is 11. The van der Waals surface area contributed by atoms with Crippen molar-refractivity contribution >= 4 is 65.1 Å².